The predicted octanol–water partition coefficient (Wildman–Crippen LogP) is 3.07. The molecule has 1 saturated heterocycles. The molecular formula is C16H23ClN2O. The lowest BCUT2D eigenvalue weighted by atomic mass is 9.90. The van der Waals surface area contributed by atoms with Crippen LogP contribution in [0.5, 0.6) is 0 Å². The summed E-state index contributed by atoms with van der Waals surface area (Å²) in [6.07, 6.45) is 8.06. The van der Waals surface area contributed by atoms with Crippen molar-refractivity contribution in [2.75, 3.05) is 11.9 Å². The number of hydrogen-bond donors (Lipinski definition) is 2. The molecule has 20 heavy (non-hydrogen) atoms. The van der Waals surface area contributed by atoms with Crippen LogP contribution in [-0.2, 0) is 17.6 Å². The summed E-state index contributed by atoms with van der Waals surface area (Å²) in [5.74, 6) is 0.138. The minimum atomic E-state index is -0.00630. The molecule has 1 fully saturated rings. The van der Waals surface area contributed by atoms with Crippen LogP contribution in [-0.4, -0.2) is 18.5 Å². The summed E-state index contributed by atoms with van der Waals surface area (Å²) < 4.78 is 0. The van der Waals surface area contributed by atoms with Crippen LogP contribution in [0.3, 0.4) is 0 Å². The number of aryl methyl sites for hydroxylation is 1. The van der Waals surface area contributed by atoms with Crippen LogP contribution in [0, 0.1) is 0 Å². The van der Waals surface area contributed by atoms with E-state index < -0.39 is 0 Å². The Morgan fingerprint density at radius 2 is 2.00 bits per heavy atom. The SMILES string of the molecule is Cl.O=C(Nc1cccc2c1CCCC2)[C@@H]1CCCCN1. The lowest BCUT2D eigenvalue weighted by Crippen LogP contribution is -2.43. The fraction of sp³-hybridized carbons (Fsp3) is 0.562. The second-order valence-corrected chi connectivity index (χ2v) is 5.64. The lowest BCUT2D eigenvalue weighted by molar-refractivity contribution is -0.118. The molecule has 3 nitrogen and oxygen atoms in total. The normalized spacial score (nSPS) is 21.5. The van der Waals surface area contributed by atoms with Gasteiger partial charge in [0.15, 0.2) is 0 Å². The van der Waals surface area contributed by atoms with E-state index in [0.717, 1.165) is 37.9 Å². The molecule has 1 heterocycles. The molecule has 1 aliphatic heterocycles. The zero-order valence-electron chi connectivity index (χ0n) is 11.8. The average Bonchev–Trinajstić information content (AvgIpc) is 2.48. The van der Waals surface area contributed by atoms with E-state index in [9.17, 15) is 4.79 Å². The van der Waals surface area contributed by atoms with Crippen molar-refractivity contribution >= 4 is 24.0 Å². The third kappa shape index (κ3) is 3.33. The van der Waals surface area contributed by atoms with Crippen molar-refractivity contribution in [3.8, 4) is 0 Å². The first kappa shape index (κ1) is 15.3. The van der Waals surface area contributed by atoms with E-state index in [-0.39, 0.29) is 24.4 Å². The Hall–Kier alpha value is -1.06. The highest BCUT2D eigenvalue weighted by atomic mass is 35.5. The monoisotopic (exact) mass is 294 g/mol. The molecule has 1 aromatic carbocycles. The van der Waals surface area contributed by atoms with Gasteiger partial charge in [-0.1, -0.05) is 18.6 Å². The molecular weight excluding hydrogens is 272 g/mol. The van der Waals surface area contributed by atoms with Gasteiger partial charge in [0.2, 0.25) is 5.91 Å². The van der Waals surface area contributed by atoms with Crippen LogP contribution in [0.1, 0.15) is 43.2 Å². The number of fused-ring (bicyclic) bond motifs is 1. The number of halogens is 1. The van der Waals surface area contributed by atoms with Crippen LogP contribution >= 0.6 is 12.4 Å². The van der Waals surface area contributed by atoms with Crippen molar-refractivity contribution < 1.29 is 4.79 Å². The van der Waals surface area contributed by atoms with Gasteiger partial charge in [-0.3, -0.25) is 4.79 Å². The second-order valence-electron chi connectivity index (χ2n) is 5.64. The van der Waals surface area contributed by atoms with Gasteiger partial charge in [0.05, 0.1) is 6.04 Å². The Labute approximate surface area is 126 Å². The largest absolute Gasteiger partial charge is 0.324 e. The standard InChI is InChI=1S/C16H22N2O.ClH/c19-16(15-9-3-4-11-17-15)18-14-10-5-7-12-6-1-2-8-13(12)14;/h5,7,10,15,17H,1-4,6,8-9,11H2,(H,18,19);1H/t15-;/m0./s1. The highest BCUT2D eigenvalue weighted by Gasteiger charge is 2.22. The Morgan fingerprint density at radius 3 is 2.80 bits per heavy atom. The molecule has 1 aromatic rings. The number of amides is 1. The molecule has 0 spiro atoms. The van der Waals surface area contributed by atoms with Crippen molar-refractivity contribution in [3.63, 3.8) is 0 Å². The van der Waals surface area contributed by atoms with Crippen molar-refractivity contribution in [1.82, 2.24) is 5.32 Å². The summed E-state index contributed by atoms with van der Waals surface area (Å²) in [6.45, 7) is 0.963. The van der Waals surface area contributed by atoms with Crippen molar-refractivity contribution in [1.29, 1.82) is 0 Å². The number of rotatable bonds is 2. The number of benzene rings is 1. The van der Waals surface area contributed by atoms with E-state index in [1.165, 1.54) is 30.4 Å². The summed E-state index contributed by atoms with van der Waals surface area (Å²) in [5, 5.41) is 6.45. The molecule has 0 saturated carbocycles. The minimum absolute atomic E-state index is 0. The van der Waals surface area contributed by atoms with Crippen LogP contribution in [0.25, 0.3) is 0 Å². The van der Waals surface area contributed by atoms with E-state index >= 15 is 0 Å². The number of carbonyl (C=O) groups excluding carboxylic acids is 1. The first-order valence-electron chi connectivity index (χ1n) is 7.49. The fourth-order valence-corrected chi connectivity index (χ4v) is 3.19. The summed E-state index contributed by atoms with van der Waals surface area (Å²) >= 11 is 0. The van der Waals surface area contributed by atoms with E-state index in [1.807, 2.05) is 6.07 Å². The van der Waals surface area contributed by atoms with Crippen LogP contribution in [0.2, 0.25) is 0 Å². The number of piperidine rings is 1. The topological polar surface area (TPSA) is 41.1 Å². The maximum absolute atomic E-state index is 12.3. The van der Waals surface area contributed by atoms with Gasteiger partial charge in [-0.2, -0.15) is 0 Å². The van der Waals surface area contributed by atoms with Gasteiger partial charge in [0.1, 0.15) is 0 Å². The number of anilines is 1. The van der Waals surface area contributed by atoms with Crippen molar-refractivity contribution in [3.05, 3.63) is 29.3 Å². The molecule has 0 aromatic heterocycles. The second kappa shape index (κ2) is 7.09. The Bertz CT molecular complexity index is 470. The molecule has 1 amide bonds. The molecule has 4 heteroatoms. The highest BCUT2D eigenvalue weighted by molar-refractivity contribution is 5.95. The molecule has 0 bridgehead atoms. The van der Waals surface area contributed by atoms with Gasteiger partial charge in [0, 0.05) is 5.69 Å². The van der Waals surface area contributed by atoms with Gasteiger partial charge in [-0.15, -0.1) is 12.4 Å². The fourth-order valence-electron chi connectivity index (χ4n) is 3.19. The molecule has 2 N–H and O–H groups in total. The Kier molecular flexibility index (Phi) is 5.44. The molecule has 0 unspecified atom stereocenters. The quantitative estimate of drug-likeness (QED) is 0.880. The zero-order valence-corrected chi connectivity index (χ0v) is 12.6. The molecule has 0 radical (unpaired) electrons. The van der Waals surface area contributed by atoms with Gasteiger partial charge in [-0.25, -0.2) is 0 Å². The van der Waals surface area contributed by atoms with Crippen molar-refractivity contribution in [2.45, 2.75) is 51.0 Å². The molecule has 110 valence electrons. The van der Waals surface area contributed by atoms with Crippen LogP contribution in [0.15, 0.2) is 18.2 Å². The van der Waals surface area contributed by atoms with Gasteiger partial charge in [-0.05, 0) is 62.3 Å². The molecule has 1 atom stereocenters. The summed E-state index contributed by atoms with van der Waals surface area (Å²) in [5.41, 5.74) is 3.81. The van der Waals surface area contributed by atoms with Crippen LogP contribution in [0.4, 0.5) is 5.69 Å². The van der Waals surface area contributed by atoms with Crippen LogP contribution < -0.4 is 10.6 Å². The summed E-state index contributed by atoms with van der Waals surface area (Å²) in [6, 6.07) is 6.30. The maximum Gasteiger partial charge on any atom is 0.241 e. The lowest BCUT2D eigenvalue weighted by Gasteiger charge is -2.24. The average molecular weight is 295 g/mol. The van der Waals surface area contributed by atoms with Gasteiger partial charge >= 0.3 is 0 Å². The van der Waals surface area contributed by atoms with Crippen molar-refractivity contribution in [2.24, 2.45) is 0 Å². The van der Waals surface area contributed by atoms with Gasteiger partial charge < -0.3 is 10.6 Å². The van der Waals surface area contributed by atoms with Gasteiger partial charge in [0.25, 0.3) is 0 Å². The minimum Gasteiger partial charge on any atom is -0.324 e. The first-order valence-corrected chi connectivity index (χ1v) is 7.49. The third-order valence-electron chi connectivity index (χ3n) is 4.28. The first-order chi connectivity index (χ1) is 9.34. The summed E-state index contributed by atoms with van der Waals surface area (Å²) in [4.78, 5) is 12.3. The Balaban J connectivity index is 0.00000147. The van der Waals surface area contributed by atoms with E-state index in [0.29, 0.717) is 0 Å². The molecule has 1 aliphatic carbocycles. The number of nitrogens with one attached hydrogen (secondary N) is 2. The smallest absolute Gasteiger partial charge is 0.241 e. The maximum atomic E-state index is 12.3. The van der Waals surface area contributed by atoms with E-state index in [1.54, 1.807) is 0 Å². The summed E-state index contributed by atoms with van der Waals surface area (Å²) in [7, 11) is 0. The third-order valence-corrected chi connectivity index (χ3v) is 4.28. The molecule has 2 aliphatic rings. The number of hydrogen-bond acceptors (Lipinski definition) is 2. The Morgan fingerprint density at radius 1 is 1.15 bits per heavy atom. The molecule has 3 rings (SSSR count). The highest BCUT2D eigenvalue weighted by Crippen LogP contribution is 2.28. The van der Waals surface area contributed by atoms with E-state index in [2.05, 4.69) is 22.8 Å². The number of carbonyl (C=O) groups is 1. The zero-order chi connectivity index (χ0) is 13.1. The predicted molar refractivity (Wildman–Crippen MR) is 84.6 cm³/mol. The van der Waals surface area contributed by atoms with E-state index in [4.69, 9.17) is 0 Å².